The van der Waals surface area contributed by atoms with E-state index in [9.17, 15) is 9.59 Å². The number of amides is 1. The van der Waals surface area contributed by atoms with Gasteiger partial charge in [-0.05, 0) is 73.7 Å². The number of carbonyl (C=O) groups excluding carboxylic acids is 2. The number of aromatic nitrogens is 4. The summed E-state index contributed by atoms with van der Waals surface area (Å²) in [5.74, 6) is -0.250. The summed E-state index contributed by atoms with van der Waals surface area (Å²) >= 11 is 1.27. The van der Waals surface area contributed by atoms with Crippen LogP contribution in [0.25, 0.3) is 5.69 Å². The topological polar surface area (TPSA) is 90.2 Å². The number of hydrogen-bond donors (Lipinski definition) is 0. The first-order valence-corrected chi connectivity index (χ1v) is 10.4. The molecule has 0 N–H and O–H groups in total. The first-order valence-electron chi connectivity index (χ1n) is 9.45. The molecule has 1 saturated heterocycles. The molecule has 28 heavy (non-hydrogen) atoms. The Morgan fingerprint density at radius 2 is 1.96 bits per heavy atom. The minimum Gasteiger partial charge on any atom is -0.464 e. The molecular formula is C19H25N5O3S. The lowest BCUT2D eigenvalue weighted by atomic mass is 10.0. The summed E-state index contributed by atoms with van der Waals surface area (Å²) in [5.41, 5.74) is 3.09. The molecular weight excluding hydrogens is 378 g/mol. The molecule has 2 aromatic rings. The van der Waals surface area contributed by atoms with Gasteiger partial charge in [-0.3, -0.25) is 4.79 Å². The van der Waals surface area contributed by atoms with Gasteiger partial charge in [0, 0.05) is 6.54 Å². The molecule has 8 nitrogen and oxygen atoms in total. The Balaban J connectivity index is 1.69. The minimum atomic E-state index is -0.489. The number of carbonyl (C=O) groups is 2. The molecule has 0 radical (unpaired) electrons. The van der Waals surface area contributed by atoms with Crippen LogP contribution in [-0.2, 0) is 14.3 Å². The summed E-state index contributed by atoms with van der Waals surface area (Å²) in [6.45, 7) is 6.70. The summed E-state index contributed by atoms with van der Waals surface area (Å²) in [7, 11) is 0. The van der Waals surface area contributed by atoms with E-state index < -0.39 is 6.04 Å². The van der Waals surface area contributed by atoms with Crippen molar-refractivity contribution in [2.24, 2.45) is 0 Å². The van der Waals surface area contributed by atoms with Crippen LogP contribution >= 0.6 is 11.8 Å². The maximum absolute atomic E-state index is 12.8. The average molecular weight is 404 g/mol. The highest BCUT2D eigenvalue weighted by Crippen LogP contribution is 2.23. The van der Waals surface area contributed by atoms with Crippen LogP contribution < -0.4 is 0 Å². The first-order chi connectivity index (χ1) is 13.5. The van der Waals surface area contributed by atoms with Crippen LogP contribution in [0.5, 0.6) is 0 Å². The third-order valence-corrected chi connectivity index (χ3v) is 5.50. The third kappa shape index (κ3) is 4.70. The Hall–Kier alpha value is -2.42. The van der Waals surface area contributed by atoms with E-state index in [-0.39, 0.29) is 17.6 Å². The number of hydrogen-bond acceptors (Lipinski definition) is 7. The van der Waals surface area contributed by atoms with Gasteiger partial charge in [0.2, 0.25) is 11.1 Å². The Morgan fingerprint density at radius 1 is 1.21 bits per heavy atom. The number of benzene rings is 1. The molecule has 0 saturated carbocycles. The zero-order valence-corrected chi connectivity index (χ0v) is 17.2. The van der Waals surface area contributed by atoms with E-state index in [0.29, 0.717) is 24.7 Å². The molecule has 0 unspecified atom stereocenters. The molecule has 9 heteroatoms. The van der Waals surface area contributed by atoms with Crippen molar-refractivity contribution in [3.63, 3.8) is 0 Å². The maximum Gasteiger partial charge on any atom is 0.328 e. The number of nitrogens with zero attached hydrogens (tertiary/aromatic N) is 5. The lowest BCUT2D eigenvalue weighted by molar-refractivity contribution is -0.155. The zero-order chi connectivity index (χ0) is 20.1. The fourth-order valence-electron chi connectivity index (χ4n) is 3.43. The highest BCUT2D eigenvalue weighted by Gasteiger charge is 2.33. The van der Waals surface area contributed by atoms with E-state index in [1.54, 1.807) is 16.5 Å². The molecule has 1 aromatic carbocycles. The molecule has 1 fully saturated rings. The summed E-state index contributed by atoms with van der Waals surface area (Å²) in [5, 5.41) is 12.4. The number of tetrazole rings is 1. The second kappa shape index (κ2) is 9.18. The minimum absolute atomic E-state index is 0.0993. The molecule has 1 aliphatic rings. The number of rotatable bonds is 6. The normalized spacial score (nSPS) is 16.8. The lowest BCUT2D eigenvalue weighted by Gasteiger charge is -2.33. The Morgan fingerprint density at radius 3 is 2.68 bits per heavy atom. The number of thioether (sulfide) groups is 1. The van der Waals surface area contributed by atoms with Gasteiger partial charge >= 0.3 is 5.97 Å². The number of esters is 1. The summed E-state index contributed by atoms with van der Waals surface area (Å²) in [4.78, 5) is 26.6. The molecule has 1 atom stereocenters. The maximum atomic E-state index is 12.8. The van der Waals surface area contributed by atoms with Crippen molar-refractivity contribution < 1.29 is 14.3 Å². The van der Waals surface area contributed by atoms with Gasteiger partial charge in [0.1, 0.15) is 6.04 Å². The molecule has 0 spiro atoms. The highest BCUT2D eigenvalue weighted by molar-refractivity contribution is 7.99. The Labute approximate surface area is 168 Å². The van der Waals surface area contributed by atoms with Crippen LogP contribution in [0.15, 0.2) is 23.4 Å². The quantitative estimate of drug-likeness (QED) is 0.540. The fourth-order valence-corrected chi connectivity index (χ4v) is 4.20. The van der Waals surface area contributed by atoms with Crippen LogP contribution in [0.4, 0.5) is 0 Å². The zero-order valence-electron chi connectivity index (χ0n) is 16.4. The lowest BCUT2D eigenvalue weighted by Crippen LogP contribution is -2.49. The van der Waals surface area contributed by atoms with Crippen molar-refractivity contribution >= 4 is 23.6 Å². The Bertz CT molecular complexity index is 834. The first kappa shape index (κ1) is 20.3. The number of ether oxygens (including phenoxy) is 1. The van der Waals surface area contributed by atoms with Crippen molar-refractivity contribution in [1.29, 1.82) is 0 Å². The molecule has 3 rings (SSSR count). The average Bonchev–Trinajstić information content (AvgIpc) is 3.14. The monoisotopic (exact) mass is 403 g/mol. The molecule has 1 aromatic heterocycles. The predicted molar refractivity (Wildman–Crippen MR) is 105 cm³/mol. The van der Waals surface area contributed by atoms with E-state index in [0.717, 1.165) is 29.7 Å². The second-order valence-electron chi connectivity index (χ2n) is 6.86. The third-order valence-electron chi connectivity index (χ3n) is 4.60. The van der Waals surface area contributed by atoms with Crippen molar-refractivity contribution in [3.8, 4) is 5.69 Å². The van der Waals surface area contributed by atoms with Gasteiger partial charge in [-0.1, -0.05) is 17.8 Å². The molecule has 0 aliphatic carbocycles. The van der Waals surface area contributed by atoms with Crippen LogP contribution in [0.1, 0.15) is 37.3 Å². The van der Waals surface area contributed by atoms with Crippen LogP contribution in [-0.4, -0.2) is 61.9 Å². The Kier molecular flexibility index (Phi) is 6.66. The van der Waals surface area contributed by atoms with Gasteiger partial charge < -0.3 is 9.64 Å². The number of aryl methyl sites for hydroxylation is 2. The van der Waals surface area contributed by atoms with Gasteiger partial charge in [0.15, 0.2) is 0 Å². The van der Waals surface area contributed by atoms with Gasteiger partial charge in [-0.2, -0.15) is 4.68 Å². The van der Waals surface area contributed by atoms with E-state index in [1.165, 1.54) is 11.8 Å². The van der Waals surface area contributed by atoms with Crippen LogP contribution in [0.3, 0.4) is 0 Å². The smallest absolute Gasteiger partial charge is 0.328 e. The molecule has 2 heterocycles. The predicted octanol–water partition coefficient (Wildman–Crippen LogP) is 2.32. The van der Waals surface area contributed by atoms with Crippen LogP contribution in [0, 0.1) is 13.8 Å². The van der Waals surface area contributed by atoms with E-state index in [1.807, 2.05) is 26.0 Å². The number of likely N-dealkylation sites (tertiary alicyclic amines) is 1. The standard InChI is InChI=1S/C19H25N5O3S/c1-4-27-18(26)16-7-5-6-8-23(16)17(25)12-28-19-20-21-22-24(19)15-10-13(2)9-14(3)11-15/h9-11,16H,4-8,12H2,1-3H3/t16-/m1/s1. The van der Waals surface area contributed by atoms with Crippen molar-refractivity contribution in [2.75, 3.05) is 18.9 Å². The molecule has 0 bridgehead atoms. The van der Waals surface area contributed by atoms with Gasteiger partial charge in [-0.25, -0.2) is 4.79 Å². The van der Waals surface area contributed by atoms with Crippen LogP contribution in [0.2, 0.25) is 0 Å². The number of piperidine rings is 1. The largest absolute Gasteiger partial charge is 0.464 e. The van der Waals surface area contributed by atoms with E-state index in [4.69, 9.17) is 4.74 Å². The SMILES string of the molecule is CCOC(=O)[C@H]1CCCCN1C(=O)CSc1nnnn1-c1cc(C)cc(C)c1. The van der Waals surface area contributed by atoms with Gasteiger partial charge in [0.25, 0.3) is 0 Å². The summed E-state index contributed by atoms with van der Waals surface area (Å²) < 4.78 is 6.77. The molecule has 1 aliphatic heterocycles. The van der Waals surface area contributed by atoms with Crippen molar-refractivity contribution in [2.45, 2.75) is 51.2 Å². The van der Waals surface area contributed by atoms with Gasteiger partial charge in [0.05, 0.1) is 18.0 Å². The molecule has 150 valence electrons. The summed E-state index contributed by atoms with van der Waals surface area (Å²) in [6.07, 6.45) is 2.47. The summed E-state index contributed by atoms with van der Waals surface area (Å²) in [6, 6.07) is 5.58. The van der Waals surface area contributed by atoms with Crippen molar-refractivity contribution in [3.05, 3.63) is 29.3 Å². The second-order valence-corrected chi connectivity index (χ2v) is 7.80. The van der Waals surface area contributed by atoms with Crippen molar-refractivity contribution in [1.82, 2.24) is 25.1 Å². The highest BCUT2D eigenvalue weighted by atomic mass is 32.2. The van der Waals surface area contributed by atoms with E-state index in [2.05, 4.69) is 21.6 Å². The van der Waals surface area contributed by atoms with Gasteiger partial charge in [-0.15, -0.1) is 5.10 Å². The fraction of sp³-hybridized carbons (Fsp3) is 0.526. The molecule has 1 amide bonds. The van der Waals surface area contributed by atoms with E-state index >= 15 is 0 Å².